The smallest absolute Gasteiger partial charge is 0.127 e. The SMILES string of the molecule is O=CC1C=CC(NC2CC[NH2+]CC2)=CC1. The maximum absolute atomic E-state index is 10.6. The van der Waals surface area contributed by atoms with Crippen molar-refractivity contribution in [1.29, 1.82) is 0 Å². The molecule has 1 heterocycles. The topological polar surface area (TPSA) is 45.7 Å². The minimum Gasteiger partial charge on any atom is -0.382 e. The first-order valence-corrected chi connectivity index (χ1v) is 5.80. The van der Waals surface area contributed by atoms with Crippen LogP contribution < -0.4 is 10.6 Å². The van der Waals surface area contributed by atoms with E-state index in [9.17, 15) is 4.79 Å². The second-order valence-corrected chi connectivity index (χ2v) is 4.34. The molecule has 82 valence electrons. The molecular weight excluding hydrogens is 188 g/mol. The molecule has 0 spiro atoms. The van der Waals surface area contributed by atoms with Gasteiger partial charge in [-0.3, -0.25) is 0 Å². The van der Waals surface area contributed by atoms with Crippen molar-refractivity contribution < 1.29 is 10.1 Å². The molecule has 1 aliphatic heterocycles. The Bertz CT molecular complexity index is 277. The zero-order valence-electron chi connectivity index (χ0n) is 8.99. The van der Waals surface area contributed by atoms with E-state index in [1.165, 1.54) is 31.6 Å². The van der Waals surface area contributed by atoms with Crippen LogP contribution >= 0.6 is 0 Å². The molecule has 3 nitrogen and oxygen atoms in total. The van der Waals surface area contributed by atoms with E-state index in [2.05, 4.69) is 16.7 Å². The van der Waals surface area contributed by atoms with Gasteiger partial charge < -0.3 is 15.4 Å². The number of nitrogens with two attached hydrogens (primary N) is 1. The number of carbonyl (C=O) groups excluding carboxylic acids is 1. The summed E-state index contributed by atoms with van der Waals surface area (Å²) in [6.07, 6.45) is 10.5. The van der Waals surface area contributed by atoms with E-state index < -0.39 is 0 Å². The molecule has 1 saturated heterocycles. The third-order valence-electron chi connectivity index (χ3n) is 3.12. The molecular formula is C12H19N2O+. The predicted molar refractivity (Wildman–Crippen MR) is 59.2 cm³/mol. The molecule has 3 heteroatoms. The van der Waals surface area contributed by atoms with E-state index in [0.29, 0.717) is 6.04 Å². The van der Waals surface area contributed by atoms with E-state index in [1.54, 1.807) is 0 Å². The molecule has 1 fully saturated rings. The van der Waals surface area contributed by atoms with Crippen molar-refractivity contribution in [3.8, 4) is 0 Å². The molecule has 0 saturated carbocycles. The van der Waals surface area contributed by atoms with Gasteiger partial charge in [0.1, 0.15) is 6.29 Å². The van der Waals surface area contributed by atoms with Crippen LogP contribution in [0.25, 0.3) is 0 Å². The van der Waals surface area contributed by atoms with Gasteiger partial charge in [-0.15, -0.1) is 0 Å². The number of hydrogen-bond acceptors (Lipinski definition) is 2. The molecule has 0 radical (unpaired) electrons. The molecule has 0 aromatic carbocycles. The van der Waals surface area contributed by atoms with Gasteiger partial charge in [-0.25, -0.2) is 0 Å². The quantitative estimate of drug-likeness (QED) is 0.638. The summed E-state index contributed by atoms with van der Waals surface area (Å²) < 4.78 is 0. The minimum absolute atomic E-state index is 0.0928. The number of aldehydes is 1. The highest BCUT2D eigenvalue weighted by Crippen LogP contribution is 2.14. The van der Waals surface area contributed by atoms with Gasteiger partial charge in [0.15, 0.2) is 0 Å². The first kappa shape index (κ1) is 10.4. The zero-order valence-corrected chi connectivity index (χ0v) is 8.99. The molecule has 0 aromatic heterocycles. The standard InChI is InChI=1S/C12H18N2O/c15-9-10-1-3-11(4-2-10)14-12-5-7-13-8-6-12/h1,3-4,9-10,12-14H,2,5-8H2/p+1. The van der Waals surface area contributed by atoms with E-state index >= 15 is 0 Å². The lowest BCUT2D eigenvalue weighted by Crippen LogP contribution is -2.87. The van der Waals surface area contributed by atoms with Crippen LogP contribution in [-0.2, 0) is 4.79 Å². The second kappa shape index (κ2) is 5.12. The maximum atomic E-state index is 10.6. The largest absolute Gasteiger partial charge is 0.382 e. The predicted octanol–water partition coefficient (Wildman–Crippen LogP) is -0.0393. The van der Waals surface area contributed by atoms with E-state index in [-0.39, 0.29) is 5.92 Å². The lowest BCUT2D eigenvalue weighted by Gasteiger charge is -2.24. The van der Waals surface area contributed by atoms with Crippen LogP contribution in [0.5, 0.6) is 0 Å². The van der Waals surface area contributed by atoms with Crippen molar-refractivity contribution in [2.45, 2.75) is 25.3 Å². The highest BCUT2D eigenvalue weighted by Gasteiger charge is 2.16. The fraction of sp³-hybridized carbons (Fsp3) is 0.583. The van der Waals surface area contributed by atoms with Gasteiger partial charge in [0.25, 0.3) is 0 Å². The minimum atomic E-state index is 0.0928. The Labute approximate surface area is 90.6 Å². The zero-order chi connectivity index (χ0) is 10.5. The van der Waals surface area contributed by atoms with Gasteiger partial charge in [0.2, 0.25) is 0 Å². The summed E-state index contributed by atoms with van der Waals surface area (Å²) in [5.74, 6) is 0.0928. The lowest BCUT2D eigenvalue weighted by atomic mass is 10.00. The van der Waals surface area contributed by atoms with Gasteiger partial charge in [-0.2, -0.15) is 0 Å². The number of quaternary nitrogens is 1. The fourth-order valence-electron chi connectivity index (χ4n) is 2.15. The molecule has 2 aliphatic rings. The first-order valence-electron chi connectivity index (χ1n) is 5.80. The second-order valence-electron chi connectivity index (χ2n) is 4.34. The molecule has 1 atom stereocenters. The monoisotopic (exact) mass is 207 g/mol. The number of rotatable bonds is 3. The van der Waals surface area contributed by atoms with Crippen molar-refractivity contribution >= 4 is 6.29 Å². The molecule has 15 heavy (non-hydrogen) atoms. The summed E-state index contributed by atoms with van der Waals surface area (Å²) in [5, 5.41) is 5.91. The summed E-state index contributed by atoms with van der Waals surface area (Å²) in [7, 11) is 0. The normalized spacial score (nSPS) is 27.2. The van der Waals surface area contributed by atoms with Crippen LogP contribution in [0.4, 0.5) is 0 Å². The lowest BCUT2D eigenvalue weighted by molar-refractivity contribution is -0.663. The summed E-state index contributed by atoms with van der Waals surface area (Å²) in [6.45, 7) is 2.46. The summed E-state index contributed by atoms with van der Waals surface area (Å²) in [4.78, 5) is 10.6. The Morgan fingerprint density at radius 1 is 1.40 bits per heavy atom. The Morgan fingerprint density at radius 2 is 2.20 bits per heavy atom. The van der Waals surface area contributed by atoms with E-state index in [4.69, 9.17) is 0 Å². The third-order valence-corrected chi connectivity index (χ3v) is 3.12. The third kappa shape index (κ3) is 2.93. The molecule has 1 unspecified atom stereocenters. The van der Waals surface area contributed by atoms with Crippen LogP contribution in [0.3, 0.4) is 0 Å². The van der Waals surface area contributed by atoms with Crippen LogP contribution in [0.2, 0.25) is 0 Å². The highest BCUT2D eigenvalue weighted by molar-refractivity contribution is 5.58. The van der Waals surface area contributed by atoms with Gasteiger partial charge in [-0.05, 0) is 12.5 Å². The molecule has 0 bridgehead atoms. The van der Waals surface area contributed by atoms with E-state index in [1.807, 2.05) is 12.2 Å². The van der Waals surface area contributed by atoms with Crippen molar-refractivity contribution in [3.05, 3.63) is 23.9 Å². The van der Waals surface area contributed by atoms with Crippen LogP contribution in [0, 0.1) is 5.92 Å². The van der Waals surface area contributed by atoms with Gasteiger partial charge in [-0.1, -0.05) is 12.2 Å². The summed E-state index contributed by atoms with van der Waals surface area (Å²) >= 11 is 0. The fourth-order valence-corrected chi connectivity index (χ4v) is 2.15. The van der Waals surface area contributed by atoms with Crippen LogP contribution in [0.1, 0.15) is 19.3 Å². The van der Waals surface area contributed by atoms with Crippen molar-refractivity contribution in [1.82, 2.24) is 5.32 Å². The molecule has 0 amide bonds. The number of allylic oxidation sites excluding steroid dienone is 3. The molecule has 3 N–H and O–H groups in total. The summed E-state index contributed by atoms with van der Waals surface area (Å²) in [6, 6.07) is 0.624. The van der Waals surface area contributed by atoms with E-state index in [0.717, 1.165) is 12.7 Å². The van der Waals surface area contributed by atoms with Gasteiger partial charge in [0, 0.05) is 30.5 Å². The Hall–Kier alpha value is -1.09. The number of hydrogen-bond donors (Lipinski definition) is 2. The van der Waals surface area contributed by atoms with Crippen LogP contribution in [0.15, 0.2) is 23.9 Å². The van der Waals surface area contributed by atoms with Gasteiger partial charge in [0.05, 0.1) is 13.1 Å². The Kier molecular flexibility index (Phi) is 3.56. The van der Waals surface area contributed by atoms with Crippen molar-refractivity contribution in [2.75, 3.05) is 13.1 Å². The first-order chi connectivity index (χ1) is 7.38. The highest BCUT2D eigenvalue weighted by atomic mass is 16.1. The van der Waals surface area contributed by atoms with Gasteiger partial charge >= 0.3 is 0 Å². The van der Waals surface area contributed by atoms with Crippen LogP contribution in [-0.4, -0.2) is 25.4 Å². The number of nitrogens with one attached hydrogen (secondary N) is 1. The number of carbonyl (C=O) groups is 1. The van der Waals surface area contributed by atoms with Crippen molar-refractivity contribution in [2.24, 2.45) is 5.92 Å². The number of piperidine rings is 1. The summed E-state index contributed by atoms with van der Waals surface area (Å²) in [5.41, 5.74) is 1.19. The average Bonchev–Trinajstić information content (AvgIpc) is 2.31. The maximum Gasteiger partial charge on any atom is 0.127 e. The molecule has 1 aliphatic carbocycles. The Morgan fingerprint density at radius 3 is 2.80 bits per heavy atom. The average molecular weight is 207 g/mol. The molecule has 2 rings (SSSR count). The van der Waals surface area contributed by atoms with Crippen molar-refractivity contribution in [3.63, 3.8) is 0 Å². The Balaban J connectivity index is 1.82. The molecule has 0 aromatic rings.